The number of rotatable bonds is 3. The standard InChI is InChI=1S/C16H24N4.HI/c1-13(11-19-16-17-8-4-9-18-16)20-10-7-14-5-2-3-6-15(14)12-20;/h2-3,5-6,13H,4,7-12H2,1H3,(H2,17,18,19);1H. The average molecular weight is 400 g/mol. The van der Waals surface area contributed by atoms with E-state index >= 15 is 0 Å². The summed E-state index contributed by atoms with van der Waals surface area (Å²) >= 11 is 0. The van der Waals surface area contributed by atoms with Crippen molar-refractivity contribution >= 4 is 29.9 Å². The molecule has 1 atom stereocenters. The van der Waals surface area contributed by atoms with Crippen LogP contribution in [0.5, 0.6) is 0 Å². The van der Waals surface area contributed by atoms with Gasteiger partial charge in [0.15, 0.2) is 5.96 Å². The van der Waals surface area contributed by atoms with Gasteiger partial charge < -0.3 is 10.6 Å². The molecule has 0 radical (unpaired) electrons. The van der Waals surface area contributed by atoms with Crippen molar-refractivity contribution in [3.05, 3.63) is 35.4 Å². The van der Waals surface area contributed by atoms with Gasteiger partial charge in [0, 0.05) is 38.8 Å². The van der Waals surface area contributed by atoms with Gasteiger partial charge in [-0.25, -0.2) is 0 Å². The van der Waals surface area contributed by atoms with Crippen LogP contribution in [0.15, 0.2) is 29.3 Å². The van der Waals surface area contributed by atoms with Crippen LogP contribution in [0, 0.1) is 0 Å². The first-order valence-corrected chi connectivity index (χ1v) is 7.66. The Hall–Kier alpha value is -0.820. The minimum absolute atomic E-state index is 0. The second kappa shape index (κ2) is 7.98. The summed E-state index contributed by atoms with van der Waals surface area (Å²) in [4.78, 5) is 7.01. The zero-order chi connectivity index (χ0) is 13.8. The summed E-state index contributed by atoms with van der Waals surface area (Å²) in [5.74, 6) is 0.973. The third kappa shape index (κ3) is 4.32. The van der Waals surface area contributed by atoms with Crippen LogP contribution in [-0.2, 0) is 13.0 Å². The lowest BCUT2D eigenvalue weighted by Gasteiger charge is -2.34. The van der Waals surface area contributed by atoms with Gasteiger partial charge in [0.2, 0.25) is 0 Å². The fourth-order valence-corrected chi connectivity index (χ4v) is 2.92. The maximum Gasteiger partial charge on any atom is 0.191 e. The Morgan fingerprint density at radius 1 is 1.33 bits per heavy atom. The number of hydrogen-bond acceptors (Lipinski definition) is 4. The Morgan fingerprint density at radius 2 is 2.14 bits per heavy atom. The van der Waals surface area contributed by atoms with Crippen molar-refractivity contribution in [1.82, 2.24) is 15.5 Å². The molecular formula is C16H25IN4. The van der Waals surface area contributed by atoms with Crippen LogP contribution in [0.2, 0.25) is 0 Å². The zero-order valence-corrected chi connectivity index (χ0v) is 15.0. The summed E-state index contributed by atoms with van der Waals surface area (Å²) in [6, 6.07) is 9.33. The molecule has 0 saturated heterocycles. The van der Waals surface area contributed by atoms with E-state index < -0.39 is 0 Å². The van der Waals surface area contributed by atoms with Crippen molar-refractivity contribution in [1.29, 1.82) is 0 Å². The topological polar surface area (TPSA) is 39.7 Å². The van der Waals surface area contributed by atoms with Crippen LogP contribution in [0.4, 0.5) is 0 Å². The number of hydrogen-bond donors (Lipinski definition) is 2. The first kappa shape index (κ1) is 16.5. The molecule has 3 rings (SSSR count). The van der Waals surface area contributed by atoms with Crippen molar-refractivity contribution in [2.45, 2.75) is 32.4 Å². The van der Waals surface area contributed by atoms with Gasteiger partial charge in [-0.2, -0.15) is 0 Å². The minimum atomic E-state index is 0. The summed E-state index contributed by atoms with van der Waals surface area (Å²) in [7, 11) is 0. The van der Waals surface area contributed by atoms with E-state index in [1.165, 1.54) is 17.5 Å². The molecule has 2 aliphatic heterocycles. The zero-order valence-electron chi connectivity index (χ0n) is 12.6. The second-order valence-corrected chi connectivity index (χ2v) is 5.73. The Bertz CT molecular complexity index is 489. The van der Waals surface area contributed by atoms with Gasteiger partial charge in [0.1, 0.15) is 0 Å². The third-order valence-electron chi connectivity index (χ3n) is 4.25. The summed E-state index contributed by atoms with van der Waals surface area (Å²) in [6.07, 6.45) is 2.31. The van der Waals surface area contributed by atoms with E-state index in [0.29, 0.717) is 6.04 Å². The summed E-state index contributed by atoms with van der Waals surface area (Å²) < 4.78 is 0. The van der Waals surface area contributed by atoms with E-state index in [1.54, 1.807) is 0 Å². The predicted molar refractivity (Wildman–Crippen MR) is 98.4 cm³/mol. The number of fused-ring (bicyclic) bond motifs is 1. The number of aliphatic imine (C=N–C) groups is 1. The summed E-state index contributed by atoms with van der Waals surface area (Å²) in [5, 5.41) is 6.75. The van der Waals surface area contributed by atoms with Crippen LogP contribution >= 0.6 is 24.0 Å². The number of nitrogens with one attached hydrogen (secondary N) is 2. The Labute approximate surface area is 144 Å². The molecule has 1 aromatic carbocycles. The molecule has 4 nitrogen and oxygen atoms in total. The van der Waals surface area contributed by atoms with Crippen molar-refractivity contribution < 1.29 is 0 Å². The van der Waals surface area contributed by atoms with Crippen molar-refractivity contribution in [2.75, 3.05) is 26.2 Å². The molecule has 2 aliphatic rings. The molecule has 2 N–H and O–H groups in total. The third-order valence-corrected chi connectivity index (χ3v) is 4.25. The predicted octanol–water partition coefficient (Wildman–Crippen LogP) is 1.99. The van der Waals surface area contributed by atoms with E-state index in [4.69, 9.17) is 0 Å². The smallest absolute Gasteiger partial charge is 0.191 e. The van der Waals surface area contributed by atoms with Gasteiger partial charge in [0.25, 0.3) is 0 Å². The molecule has 21 heavy (non-hydrogen) atoms. The quantitative estimate of drug-likeness (QED) is 0.763. The second-order valence-electron chi connectivity index (χ2n) is 5.73. The average Bonchev–Trinajstić information content (AvgIpc) is 2.53. The van der Waals surface area contributed by atoms with Crippen LogP contribution < -0.4 is 10.6 Å². The normalized spacial score (nSPS) is 19.6. The SMILES string of the molecule is CC(CNC1=NCCCN1)N1CCc2ccccc2C1.I. The van der Waals surface area contributed by atoms with Gasteiger partial charge in [-0.3, -0.25) is 9.89 Å². The van der Waals surface area contributed by atoms with E-state index in [0.717, 1.165) is 45.1 Å². The molecule has 0 aromatic heterocycles. The van der Waals surface area contributed by atoms with Gasteiger partial charge in [-0.1, -0.05) is 24.3 Å². The van der Waals surface area contributed by atoms with E-state index in [2.05, 4.69) is 51.7 Å². The molecule has 5 heteroatoms. The molecular weight excluding hydrogens is 375 g/mol. The highest BCUT2D eigenvalue weighted by Gasteiger charge is 2.20. The number of nitrogens with zero attached hydrogens (tertiary/aromatic N) is 2. The fourth-order valence-electron chi connectivity index (χ4n) is 2.92. The summed E-state index contributed by atoms with van der Waals surface area (Å²) in [6.45, 7) is 7.45. The molecule has 0 aliphatic carbocycles. The first-order chi connectivity index (χ1) is 9.83. The minimum Gasteiger partial charge on any atom is -0.356 e. The lowest BCUT2D eigenvalue weighted by Crippen LogP contribution is -2.48. The molecule has 116 valence electrons. The van der Waals surface area contributed by atoms with Crippen LogP contribution in [0.25, 0.3) is 0 Å². The maximum atomic E-state index is 4.46. The largest absolute Gasteiger partial charge is 0.356 e. The molecule has 0 saturated carbocycles. The molecule has 1 unspecified atom stereocenters. The van der Waals surface area contributed by atoms with Gasteiger partial charge in [-0.05, 0) is 30.9 Å². The maximum absolute atomic E-state index is 4.46. The van der Waals surface area contributed by atoms with Crippen molar-refractivity contribution in [3.63, 3.8) is 0 Å². The molecule has 0 fully saturated rings. The van der Waals surface area contributed by atoms with Crippen molar-refractivity contribution in [2.24, 2.45) is 4.99 Å². The fraction of sp³-hybridized carbons (Fsp3) is 0.562. The first-order valence-electron chi connectivity index (χ1n) is 7.66. The molecule has 1 aromatic rings. The monoisotopic (exact) mass is 400 g/mol. The number of benzene rings is 1. The van der Waals surface area contributed by atoms with E-state index in [1.807, 2.05) is 0 Å². The van der Waals surface area contributed by atoms with Crippen LogP contribution in [-0.4, -0.2) is 43.1 Å². The molecule has 2 heterocycles. The highest BCUT2D eigenvalue weighted by Crippen LogP contribution is 2.19. The van der Waals surface area contributed by atoms with Crippen LogP contribution in [0.1, 0.15) is 24.5 Å². The van der Waals surface area contributed by atoms with Crippen molar-refractivity contribution in [3.8, 4) is 0 Å². The molecule has 0 amide bonds. The summed E-state index contributed by atoms with van der Waals surface area (Å²) in [5.41, 5.74) is 3.00. The Kier molecular flexibility index (Phi) is 6.29. The van der Waals surface area contributed by atoms with E-state index in [-0.39, 0.29) is 24.0 Å². The lowest BCUT2D eigenvalue weighted by atomic mass is 9.99. The molecule has 0 spiro atoms. The van der Waals surface area contributed by atoms with Gasteiger partial charge in [0.05, 0.1) is 0 Å². The number of halogens is 1. The highest BCUT2D eigenvalue weighted by atomic mass is 127. The van der Waals surface area contributed by atoms with Gasteiger partial charge in [-0.15, -0.1) is 24.0 Å². The van der Waals surface area contributed by atoms with E-state index in [9.17, 15) is 0 Å². The number of guanidine groups is 1. The Morgan fingerprint density at radius 3 is 2.90 bits per heavy atom. The Balaban J connectivity index is 0.00000161. The molecule has 0 bridgehead atoms. The van der Waals surface area contributed by atoms with Crippen LogP contribution in [0.3, 0.4) is 0 Å². The lowest BCUT2D eigenvalue weighted by molar-refractivity contribution is 0.191. The van der Waals surface area contributed by atoms with Gasteiger partial charge >= 0.3 is 0 Å². The highest BCUT2D eigenvalue weighted by molar-refractivity contribution is 14.0.